The Bertz CT molecular complexity index is 740. The van der Waals surface area contributed by atoms with E-state index in [4.69, 9.17) is 9.47 Å². The van der Waals surface area contributed by atoms with Crippen LogP contribution in [0.2, 0.25) is 0 Å². The smallest absolute Gasteiger partial charge is 0.255 e. The summed E-state index contributed by atoms with van der Waals surface area (Å²) in [4.78, 5) is 18.8. The minimum Gasteiger partial charge on any atom is -0.486 e. The second-order valence-corrected chi connectivity index (χ2v) is 6.21. The molecule has 0 atom stereocenters. The number of ether oxygens (including phenoxy) is 2. The average Bonchev–Trinajstić information content (AvgIpc) is 2.68. The molecule has 0 aliphatic carbocycles. The van der Waals surface area contributed by atoms with Crippen LogP contribution in [0.15, 0.2) is 36.5 Å². The van der Waals surface area contributed by atoms with Crippen molar-refractivity contribution in [1.29, 1.82) is 0 Å². The van der Waals surface area contributed by atoms with E-state index in [2.05, 4.69) is 24.1 Å². The van der Waals surface area contributed by atoms with Crippen molar-refractivity contribution in [3.8, 4) is 11.5 Å². The summed E-state index contributed by atoms with van der Waals surface area (Å²) in [5.74, 6) is 2.19. The standard InChI is InChI=1S/C20H25N3O3/c1-3-9-23(10-4-2)20(24)15-5-8-19(21-14-15)22-16-6-7-17-18(13-16)26-12-11-25-17/h5-8,13-14H,3-4,9-12H2,1-2H3,(H,21,22). The maximum absolute atomic E-state index is 12.6. The first-order valence-corrected chi connectivity index (χ1v) is 9.13. The van der Waals surface area contributed by atoms with Gasteiger partial charge in [-0.3, -0.25) is 4.79 Å². The van der Waals surface area contributed by atoms with Crippen LogP contribution in [0, 0.1) is 0 Å². The van der Waals surface area contributed by atoms with E-state index in [0.29, 0.717) is 24.6 Å². The minimum atomic E-state index is 0.0343. The molecular weight excluding hydrogens is 330 g/mol. The van der Waals surface area contributed by atoms with E-state index >= 15 is 0 Å². The summed E-state index contributed by atoms with van der Waals surface area (Å²) in [5.41, 5.74) is 1.47. The van der Waals surface area contributed by atoms with Gasteiger partial charge in [-0.25, -0.2) is 4.98 Å². The first-order chi connectivity index (χ1) is 12.7. The number of amides is 1. The highest BCUT2D eigenvalue weighted by molar-refractivity contribution is 5.94. The first-order valence-electron chi connectivity index (χ1n) is 9.13. The maximum atomic E-state index is 12.6. The lowest BCUT2D eigenvalue weighted by Crippen LogP contribution is -2.32. The number of nitrogens with one attached hydrogen (secondary N) is 1. The molecule has 0 saturated heterocycles. The third-order valence-electron chi connectivity index (χ3n) is 4.10. The van der Waals surface area contributed by atoms with Gasteiger partial charge in [-0.05, 0) is 37.1 Å². The van der Waals surface area contributed by atoms with Gasteiger partial charge in [0.1, 0.15) is 19.0 Å². The van der Waals surface area contributed by atoms with Gasteiger partial charge in [-0.2, -0.15) is 0 Å². The molecule has 3 rings (SSSR count). The normalized spacial score (nSPS) is 12.5. The monoisotopic (exact) mass is 355 g/mol. The van der Waals surface area contributed by atoms with Crippen molar-refractivity contribution in [2.24, 2.45) is 0 Å². The second-order valence-electron chi connectivity index (χ2n) is 6.21. The summed E-state index contributed by atoms with van der Waals surface area (Å²) in [6.07, 6.45) is 3.52. The number of hydrogen-bond donors (Lipinski definition) is 1. The van der Waals surface area contributed by atoms with Crippen LogP contribution in [0.25, 0.3) is 0 Å². The van der Waals surface area contributed by atoms with Gasteiger partial charge in [0.2, 0.25) is 0 Å². The molecular formula is C20H25N3O3. The number of benzene rings is 1. The number of fused-ring (bicyclic) bond motifs is 1. The van der Waals surface area contributed by atoms with Gasteiger partial charge in [-0.15, -0.1) is 0 Å². The number of nitrogens with zero attached hydrogens (tertiary/aromatic N) is 2. The van der Waals surface area contributed by atoms with E-state index in [-0.39, 0.29) is 5.91 Å². The van der Waals surface area contributed by atoms with Gasteiger partial charge in [-0.1, -0.05) is 13.8 Å². The topological polar surface area (TPSA) is 63.7 Å². The summed E-state index contributed by atoms with van der Waals surface area (Å²) < 4.78 is 11.1. The Balaban J connectivity index is 1.68. The number of carbonyl (C=O) groups is 1. The lowest BCUT2D eigenvalue weighted by Gasteiger charge is -2.21. The van der Waals surface area contributed by atoms with E-state index in [1.165, 1.54) is 0 Å². The molecule has 2 aromatic rings. The highest BCUT2D eigenvalue weighted by Crippen LogP contribution is 2.33. The van der Waals surface area contributed by atoms with Gasteiger partial charge in [0, 0.05) is 31.0 Å². The molecule has 6 heteroatoms. The first kappa shape index (κ1) is 18.0. The Morgan fingerprint density at radius 1 is 1.08 bits per heavy atom. The van der Waals surface area contributed by atoms with E-state index < -0.39 is 0 Å². The predicted octanol–water partition coefficient (Wildman–Crippen LogP) is 3.86. The van der Waals surface area contributed by atoms with E-state index in [9.17, 15) is 4.79 Å². The van der Waals surface area contributed by atoms with Gasteiger partial charge in [0.25, 0.3) is 5.91 Å². The molecule has 1 aliphatic rings. The highest BCUT2D eigenvalue weighted by atomic mass is 16.6. The third kappa shape index (κ3) is 4.25. The molecule has 138 valence electrons. The minimum absolute atomic E-state index is 0.0343. The molecule has 0 spiro atoms. The van der Waals surface area contributed by atoms with Crippen LogP contribution >= 0.6 is 0 Å². The maximum Gasteiger partial charge on any atom is 0.255 e. The van der Waals surface area contributed by atoms with E-state index in [1.54, 1.807) is 6.20 Å². The lowest BCUT2D eigenvalue weighted by atomic mass is 10.2. The molecule has 1 aromatic carbocycles. The Morgan fingerprint density at radius 2 is 1.81 bits per heavy atom. The zero-order valence-corrected chi connectivity index (χ0v) is 15.3. The van der Waals surface area contributed by atoms with Crippen molar-refractivity contribution in [3.05, 3.63) is 42.1 Å². The molecule has 0 unspecified atom stereocenters. The van der Waals surface area contributed by atoms with Gasteiger partial charge in [0.05, 0.1) is 5.56 Å². The molecule has 0 bridgehead atoms. The van der Waals surface area contributed by atoms with Crippen LogP contribution in [-0.4, -0.2) is 42.1 Å². The molecule has 1 amide bonds. The fraction of sp³-hybridized carbons (Fsp3) is 0.400. The Kier molecular flexibility index (Phi) is 5.94. The molecule has 2 heterocycles. The number of hydrogen-bond acceptors (Lipinski definition) is 5. The van der Waals surface area contributed by atoms with Crippen molar-refractivity contribution in [2.75, 3.05) is 31.6 Å². The van der Waals surface area contributed by atoms with Crippen LogP contribution in [-0.2, 0) is 0 Å². The largest absolute Gasteiger partial charge is 0.486 e. The highest BCUT2D eigenvalue weighted by Gasteiger charge is 2.15. The van der Waals surface area contributed by atoms with Crippen LogP contribution in [0.3, 0.4) is 0 Å². The molecule has 26 heavy (non-hydrogen) atoms. The van der Waals surface area contributed by atoms with Crippen LogP contribution < -0.4 is 14.8 Å². The summed E-state index contributed by atoms with van der Waals surface area (Å²) in [5, 5.41) is 3.23. The molecule has 1 N–H and O–H groups in total. The fourth-order valence-corrected chi connectivity index (χ4v) is 2.90. The van der Waals surface area contributed by atoms with Crippen molar-refractivity contribution < 1.29 is 14.3 Å². The Morgan fingerprint density at radius 3 is 2.46 bits per heavy atom. The summed E-state index contributed by atoms with van der Waals surface area (Å²) in [6.45, 7) is 6.82. The van der Waals surface area contributed by atoms with Gasteiger partial charge in [0.15, 0.2) is 11.5 Å². The van der Waals surface area contributed by atoms with Crippen LogP contribution in [0.1, 0.15) is 37.0 Å². The quantitative estimate of drug-likeness (QED) is 0.817. The zero-order chi connectivity index (χ0) is 18.4. The average molecular weight is 355 g/mol. The van der Waals surface area contributed by atoms with Crippen molar-refractivity contribution in [2.45, 2.75) is 26.7 Å². The fourth-order valence-electron chi connectivity index (χ4n) is 2.90. The molecule has 0 fully saturated rings. The zero-order valence-electron chi connectivity index (χ0n) is 15.3. The van der Waals surface area contributed by atoms with Crippen molar-refractivity contribution >= 4 is 17.4 Å². The molecule has 1 aromatic heterocycles. The van der Waals surface area contributed by atoms with E-state index in [0.717, 1.165) is 43.1 Å². The lowest BCUT2D eigenvalue weighted by molar-refractivity contribution is 0.0755. The number of pyridine rings is 1. The number of aromatic nitrogens is 1. The Hall–Kier alpha value is -2.76. The van der Waals surface area contributed by atoms with Gasteiger partial charge < -0.3 is 19.7 Å². The predicted molar refractivity (Wildman–Crippen MR) is 101 cm³/mol. The molecule has 1 aliphatic heterocycles. The number of anilines is 2. The van der Waals surface area contributed by atoms with Crippen molar-refractivity contribution in [3.63, 3.8) is 0 Å². The molecule has 0 saturated carbocycles. The summed E-state index contributed by atoms with van der Waals surface area (Å²) in [6, 6.07) is 9.31. The summed E-state index contributed by atoms with van der Waals surface area (Å²) >= 11 is 0. The van der Waals surface area contributed by atoms with Crippen LogP contribution in [0.5, 0.6) is 11.5 Å². The number of rotatable bonds is 7. The van der Waals surface area contributed by atoms with Gasteiger partial charge >= 0.3 is 0 Å². The molecule has 6 nitrogen and oxygen atoms in total. The number of carbonyl (C=O) groups excluding carboxylic acids is 1. The SMILES string of the molecule is CCCN(CCC)C(=O)c1ccc(Nc2ccc3c(c2)OCCO3)nc1. The van der Waals surface area contributed by atoms with E-state index in [1.807, 2.05) is 35.2 Å². The molecule has 0 radical (unpaired) electrons. The van der Waals surface area contributed by atoms with Crippen LogP contribution in [0.4, 0.5) is 11.5 Å². The Labute approximate surface area is 154 Å². The second kappa shape index (κ2) is 8.56. The summed E-state index contributed by atoms with van der Waals surface area (Å²) in [7, 11) is 0. The van der Waals surface area contributed by atoms with Crippen molar-refractivity contribution in [1.82, 2.24) is 9.88 Å². The third-order valence-corrected chi connectivity index (χ3v) is 4.10.